The smallest absolute Gasteiger partial charge is 0.299 e. The summed E-state index contributed by atoms with van der Waals surface area (Å²) in [7, 11) is 0. The van der Waals surface area contributed by atoms with Gasteiger partial charge in [-0.3, -0.25) is 45.7 Å². The number of benzene rings is 1. The molecule has 12 heterocycles. The topological polar surface area (TPSA) is 438 Å². The second kappa shape index (κ2) is 55.4. The molecule has 0 radical (unpaired) electrons. The molecular formula is C102H132N26O3S2. The first-order valence-corrected chi connectivity index (χ1v) is 46.7. The first-order valence-electron chi connectivity index (χ1n) is 45.1. The van der Waals surface area contributed by atoms with Gasteiger partial charge in [-0.05, 0) is 267 Å². The summed E-state index contributed by atoms with van der Waals surface area (Å²) in [6.07, 6.45) is 68.5. The number of nitriles is 1. The third-order valence-corrected chi connectivity index (χ3v) is 24.1. The van der Waals surface area contributed by atoms with Crippen molar-refractivity contribution in [2.24, 2.45) is 41.6 Å². The lowest BCUT2D eigenvalue weighted by Crippen LogP contribution is -2.32. The van der Waals surface area contributed by atoms with Crippen molar-refractivity contribution in [2.45, 2.75) is 205 Å². The molecule has 7 aliphatic rings. The third kappa shape index (κ3) is 29.6. The zero-order valence-electron chi connectivity index (χ0n) is 77.9. The Morgan fingerprint density at radius 1 is 0.805 bits per heavy atom. The first-order chi connectivity index (χ1) is 64.0. The van der Waals surface area contributed by atoms with Gasteiger partial charge in [0, 0.05) is 80.9 Å². The maximum atomic E-state index is 11.0. The zero-order chi connectivity index (χ0) is 93.2. The van der Waals surface area contributed by atoms with Crippen LogP contribution >= 0.6 is 23.1 Å². The van der Waals surface area contributed by atoms with E-state index in [0.717, 1.165) is 217 Å². The van der Waals surface area contributed by atoms with E-state index in [4.69, 9.17) is 41.4 Å². The highest BCUT2D eigenvalue weighted by Crippen LogP contribution is 2.43. The number of aromatic amines is 5. The van der Waals surface area contributed by atoms with Crippen molar-refractivity contribution in [3.63, 3.8) is 0 Å². The van der Waals surface area contributed by atoms with Gasteiger partial charge in [0.25, 0.3) is 6.47 Å². The molecule has 16 rings (SSSR count). The zero-order valence-corrected chi connectivity index (χ0v) is 79.6. The average molecular weight is 1830 g/mol. The van der Waals surface area contributed by atoms with Gasteiger partial charge in [-0.1, -0.05) is 145 Å². The molecule has 2 atom stereocenters. The lowest BCUT2D eigenvalue weighted by atomic mass is 9.77. The monoisotopic (exact) mass is 1830 g/mol. The van der Waals surface area contributed by atoms with Crippen LogP contribution in [-0.2, 0) is 41.6 Å². The van der Waals surface area contributed by atoms with Gasteiger partial charge in [0.15, 0.2) is 10.3 Å². The molecule has 0 fully saturated rings. The van der Waals surface area contributed by atoms with Crippen LogP contribution in [0.25, 0.3) is 64.7 Å². The van der Waals surface area contributed by atoms with Crippen LogP contribution in [0.2, 0.25) is 0 Å². The number of H-pyrrole nitrogens is 5. The van der Waals surface area contributed by atoms with Crippen LogP contribution in [0.3, 0.4) is 0 Å². The Kier molecular flexibility index (Phi) is 43.5. The van der Waals surface area contributed by atoms with Gasteiger partial charge in [-0.15, -0.1) is 5.10 Å². The number of thioether (sulfide) groups is 1. The summed E-state index contributed by atoms with van der Waals surface area (Å²) < 4.78 is 6.18. The fourth-order valence-corrected chi connectivity index (χ4v) is 17.2. The number of anilines is 1. The van der Waals surface area contributed by atoms with Crippen molar-refractivity contribution in [3.05, 3.63) is 263 Å². The van der Waals surface area contributed by atoms with Crippen LogP contribution in [-0.4, -0.2) is 151 Å². The van der Waals surface area contributed by atoms with Crippen molar-refractivity contribution in [1.82, 2.24) is 82.1 Å². The molecule has 0 bridgehead atoms. The second-order valence-corrected chi connectivity index (χ2v) is 33.7. The number of amidine groups is 2. The van der Waals surface area contributed by atoms with E-state index in [9.17, 15) is 4.79 Å². The molecule has 15 N–H and O–H groups in total. The van der Waals surface area contributed by atoms with Crippen molar-refractivity contribution in [1.29, 1.82) is 5.26 Å². The molecule has 1 aromatic carbocycles. The molecule has 0 amide bonds. The van der Waals surface area contributed by atoms with Gasteiger partial charge in [-0.25, -0.2) is 30.2 Å². The number of nitrogens with zero attached hydrogens (tertiary/aromatic N) is 15. The SMILES string of the molecule is C.C#N.C/C=C(CCC)/C(=N/C1=C/CNC(C)=NCC=C1)c1cn[nH]c1C.C/C=C(\C=C1/CN=C(N)S1)c1nc2c(c3c1CCCC3)C1C(OC=O)=NNC1C=C2.C=Cc1[nH]ncc1/C=C/N.C=c1sc(NCC)n/c1=C/C=C/C(=Nc1ccc2[nH]ncc2c1)C1=CCCCC1.CCCC/C=C/Cc1cn[nH]c1C.CCCc1c(-c2cn[nH]c2C)nc2c(c1C)C/C=N\NC/C=C\2.O. The number of carbonyl (C=O) groups excluding carboxylic acids is 1. The largest absolute Gasteiger partial charge is 0.412 e. The number of rotatable bonds is 24. The maximum absolute atomic E-state index is 11.0. The van der Waals surface area contributed by atoms with Crippen LogP contribution in [0.1, 0.15) is 229 Å². The average Bonchev–Trinajstić information content (AvgIpc) is 1.65. The van der Waals surface area contributed by atoms with Gasteiger partial charge in [0.05, 0.1) is 131 Å². The minimum atomic E-state index is -0.116. The molecule has 0 spiro atoms. The van der Waals surface area contributed by atoms with Crippen LogP contribution < -0.4 is 42.8 Å². The molecular weight excluding hydrogens is 1700 g/mol. The number of allylic oxidation sites excluding steroid dienone is 12. The predicted molar refractivity (Wildman–Crippen MR) is 555 cm³/mol. The predicted octanol–water partition coefficient (Wildman–Crippen LogP) is 18.2. The van der Waals surface area contributed by atoms with E-state index in [1.165, 1.54) is 100 Å². The number of nitrogens with two attached hydrogens (primary N) is 2. The number of pyridine rings is 2. The van der Waals surface area contributed by atoms with Gasteiger partial charge in [0.2, 0.25) is 5.90 Å². The van der Waals surface area contributed by atoms with E-state index in [0.29, 0.717) is 37.2 Å². The Morgan fingerprint density at radius 2 is 1.59 bits per heavy atom. The number of carbonyl (C=O) groups is 1. The number of nitrogens with one attached hydrogen (secondary N) is 9. The van der Waals surface area contributed by atoms with E-state index in [-0.39, 0.29) is 24.9 Å². The van der Waals surface area contributed by atoms with Crippen molar-refractivity contribution in [2.75, 3.05) is 38.0 Å². The Morgan fingerprint density at radius 3 is 2.29 bits per heavy atom. The van der Waals surface area contributed by atoms with Crippen molar-refractivity contribution in [3.8, 4) is 17.8 Å². The molecule has 9 aromatic rings. The van der Waals surface area contributed by atoms with Crippen LogP contribution in [0.15, 0.2) is 193 Å². The standard InChI is InChI=1S/C23H25N5S.C22H23N5O2S.C19H27N5.C18H23N5.C11H18N2.C7H9N3.CHN.CH4.H2O/c1-3-24-23-27-20(16(2)29-23)10-7-11-21(17-8-5-4-6-9-17)26-19-12-13-22-18(14-19)15-25-28-22;1-2-12(9-13-10-24-22(23)30-13)20-15-6-4-3-5-14(15)18-16(25-20)7-8-17-19(18)21(27-26-17)29-11-28;1-5-8-16(6-2)19(18-13-22-24-14(18)3)23-17-9-7-11-20-15(4)21-12-10-17;1-4-6-15-12(2)14-8-10-20-19-9-5-7-17(14)22-18(15)16-11-21-23-13(16)3;1-3-4-5-6-7-8-11-9-12-13-10(11)2;1-2-7-6(3-4-8)5-9-10-7;1-2;;/h7-8,10-15H,2-6,9H2,1H3,(H,24,27)(H,25,28);2,7-9,11,17,19,26H,3-6,10H2,1H3,(H2,23,24);6-7,9-10,13H,5,8,11-12H2,1-4H3,(H,20,21)(H,22,24);5,7,10-11,19H,4,6,8-9H2,1-3H3,(H,21,23);6-7,9H,3-5,8H2,1-2H3,(H,12,13);2-5H,1,8H2,(H,9,10);1H;1H4;1H2/b11-7+,20-10+,26-21?;12-2+,13-9+;9-7?,16-6+,17-10+,23-19-;7-5-,20-10-;7-6+;4-3+;;;. The number of fused-ring (bicyclic) bond motifs is 7. The summed E-state index contributed by atoms with van der Waals surface area (Å²) in [6.45, 7) is 38.3. The Labute approximate surface area is 790 Å². The lowest BCUT2D eigenvalue weighted by Gasteiger charge is -2.30. The fraction of sp³-hybridized carbons (Fsp3) is 0.353. The van der Waals surface area contributed by atoms with E-state index in [1.54, 1.807) is 29.7 Å². The van der Waals surface area contributed by atoms with Crippen LogP contribution in [0.4, 0.5) is 10.8 Å². The molecule has 0 saturated heterocycles. The molecule has 31 heteroatoms. The van der Waals surface area contributed by atoms with E-state index in [1.807, 2.05) is 95.1 Å². The van der Waals surface area contributed by atoms with E-state index < -0.39 is 0 Å². The Hall–Kier alpha value is -13.8. The summed E-state index contributed by atoms with van der Waals surface area (Å²) >= 11 is 3.10. The Bertz CT molecular complexity index is 6070. The van der Waals surface area contributed by atoms with Gasteiger partial charge in [0.1, 0.15) is 0 Å². The number of hydrogen-bond donors (Lipinski definition) is 11. The van der Waals surface area contributed by atoms with Crippen LogP contribution in [0.5, 0.6) is 0 Å². The molecule has 8 aromatic heterocycles. The van der Waals surface area contributed by atoms with Gasteiger partial charge in [-0.2, -0.15) is 30.6 Å². The molecule has 4 aliphatic heterocycles. The number of thiazole rings is 1. The number of ether oxygens (including phenoxy) is 1. The highest BCUT2D eigenvalue weighted by molar-refractivity contribution is 8.17. The Balaban J connectivity index is 0.000000201. The van der Waals surface area contributed by atoms with E-state index in [2.05, 4.69) is 245 Å². The van der Waals surface area contributed by atoms with Gasteiger partial charge < -0.3 is 37.7 Å². The minimum absolute atomic E-state index is 0. The quantitative estimate of drug-likeness (QED) is 0.0116. The summed E-state index contributed by atoms with van der Waals surface area (Å²) in [4.78, 5) is 45.5. The second-order valence-electron chi connectivity index (χ2n) is 31.5. The summed E-state index contributed by atoms with van der Waals surface area (Å²) in [6, 6.07) is 6.11. The molecule has 3 aliphatic carbocycles. The third-order valence-electron chi connectivity index (χ3n) is 22.4. The van der Waals surface area contributed by atoms with E-state index >= 15 is 0 Å². The molecule has 2 unspecified atom stereocenters. The number of aromatic nitrogens is 13. The number of hydrogen-bond acceptors (Lipinski definition) is 25. The number of hydrazone groups is 2. The molecule has 0 saturated carbocycles. The number of aryl methyl sites for hydroxylation is 3. The normalized spacial score (nSPS) is 17.5. The number of aliphatic imine (C=N–C) groups is 4. The van der Waals surface area contributed by atoms with Crippen molar-refractivity contribution < 1.29 is 15.0 Å². The summed E-state index contributed by atoms with van der Waals surface area (Å²) in [5.41, 5.74) is 46.0. The first kappa shape index (κ1) is 105. The maximum Gasteiger partial charge on any atom is 0.299 e. The minimum Gasteiger partial charge on any atom is -0.412 e. The van der Waals surface area contributed by atoms with Crippen LogP contribution in [0, 0.1) is 39.5 Å². The highest BCUT2D eigenvalue weighted by Gasteiger charge is 2.41. The summed E-state index contributed by atoms with van der Waals surface area (Å²) in [5.74, 6) is 1.26. The fourth-order valence-electron chi connectivity index (χ4n) is 15.6. The molecule has 29 nitrogen and oxygen atoms in total. The lowest BCUT2D eigenvalue weighted by molar-refractivity contribution is -0.121. The molecule has 133 heavy (non-hydrogen) atoms. The summed E-state index contributed by atoms with van der Waals surface area (Å²) in [5, 5.41) is 60.0. The number of unbranched alkanes of at least 4 members (excludes halogenated alkanes) is 2. The highest BCUT2D eigenvalue weighted by atomic mass is 32.2. The van der Waals surface area contributed by atoms with Gasteiger partial charge >= 0.3 is 0 Å². The van der Waals surface area contributed by atoms with Crippen molar-refractivity contribution >= 4 is 128 Å². The molecule has 700 valence electrons.